The summed E-state index contributed by atoms with van der Waals surface area (Å²) in [7, 11) is 0. The molecule has 0 unspecified atom stereocenters. The predicted octanol–water partition coefficient (Wildman–Crippen LogP) is 0.864. The van der Waals surface area contributed by atoms with Gasteiger partial charge in [-0.3, -0.25) is 5.41 Å². The van der Waals surface area contributed by atoms with Crippen molar-refractivity contribution in [3.05, 3.63) is 6.92 Å². The van der Waals surface area contributed by atoms with Crippen LogP contribution in [0.15, 0.2) is 0 Å². The Labute approximate surface area is 62.5 Å². The van der Waals surface area contributed by atoms with Gasteiger partial charge in [0.05, 0.1) is 0 Å². The van der Waals surface area contributed by atoms with E-state index in [9.17, 15) is 0 Å². The van der Waals surface area contributed by atoms with Crippen molar-refractivity contribution >= 4 is 5.96 Å². The smallest absolute Gasteiger partial charge is 0.185 e. The van der Waals surface area contributed by atoms with Crippen molar-refractivity contribution in [2.75, 3.05) is 6.54 Å². The van der Waals surface area contributed by atoms with Crippen molar-refractivity contribution in [3.8, 4) is 0 Å². The van der Waals surface area contributed by atoms with Gasteiger partial charge in [-0.15, -0.1) is 0 Å². The minimum Gasteiger partial charge on any atom is -0.370 e. The molecule has 0 saturated heterocycles. The third kappa shape index (κ3) is 7.27. The van der Waals surface area contributed by atoms with Gasteiger partial charge in [0.25, 0.3) is 0 Å². The number of unbranched alkanes of at least 4 members (excludes halogenated alkanes) is 3. The van der Waals surface area contributed by atoms with Crippen molar-refractivity contribution in [2.45, 2.75) is 25.7 Å². The lowest BCUT2D eigenvalue weighted by molar-refractivity contribution is 0.668. The van der Waals surface area contributed by atoms with E-state index in [2.05, 4.69) is 12.2 Å². The Bertz CT molecular complexity index is 90.9. The molecule has 0 atom stereocenters. The van der Waals surface area contributed by atoms with E-state index in [1.807, 2.05) is 0 Å². The van der Waals surface area contributed by atoms with Gasteiger partial charge in [0.1, 0.15) is 0 Å². The highest BCUT2D eigenvalue weighted by Gasteiger charge is 1.87. The van der Waals surface area contributed by atoms with E-state index in [4.69, 9.17) is 11.1 Å². The number of guanidine groups is 1. The van der Waals surface area contributed by atoms with Crippen molar-refractivity contribution in [1.29, 1.82) is 5.41 Å². The van der Waals surface area contributed by atoms with Crippen LogP contribution in [0.5, 0.6) is 0 Å². The van der Waals surface area contributed by atoms with Gasteiger partial charge >= 0.3 is 0 Å². The molecular formula is C7H16N3. The third-order valence-electron chi connectivity index (χ3n) is 1.24. The lowest BCUT2D eigenvalue weighted by Crippen LogP contribution is -2.30. The molecule has 0 bridgehead atoms. The van der Waals surface area contributed by atoms with E-state index in [0.717, 1.165) is 19.4 Å². The van der Waals surface area contributed by atoms with Crippen LogP contribution in [0.25, 0.3) is 0 Å². The number of hydrogen-bond donors (Lipinski definition) is 3. The Kier molecular flexibility index (Phi) is 5.92. The molecule has 0 aliphatic heterocycles. The molecule has 0 heterocycles. The highest BCUT2D eigenvalue weighted by atomic mass is 15.0. The van der Waals surface area contributed by atoms with Crippen molar-refractivity contribution in [3.63, 3.8) is 0 Å². The maximum Gasteiger partial charge on any atom is 0.185 e. The molecular weight excluding hydrogens is 126 g/mol. The molecule has 0 spiro atoms. The normalized spacial score (nSPS) is 9.30. The highest BCUT2D eigenvalue weighted by molar-refractivity contribution is 5.74. The minimum absolute atomic E-state index is 0.0645. The van der Waals surface area contributed by atoms with Gasteiger partial charge in [-0.05, 0) is 6.42 Å². The first-order valence-electron chi connectivity index (χ1n) is 3.64. The SMILES string of the molecule is [CH2]CCCCCNC(=N)N. The third-order valence-corrected chi connectivity index (χ3v) is 1.24. The van der Waals surface area contributed by atoms with Gasteiger partial charge in [-0.25, -0.2) is 0 Å². The zero-order chi connectivity index (χ0) is 7.82. The molecule has 1 radical (unpaired) electrons. The zero-order valence-electron chi connectivity index (χ0n) is 6.32. The first kappa shape index (κ1) is 9.27. The molecule has 59 valence electrons. The summed E-state index contributed by atoms with van der Waals surface area (Å²) in [6.07, 6.45) is 4.42. The summed E-state index contributed by atoms with van der Waals surface area (Å²) in [5.41, 5.74) is 5.07. The molecule has 0 aromatic rings. The number of nitrogens with one attached hydrogen (secondary N) is 2. The molecule has 0 aromatic carbocycles. The number of rotatable bonds is 5. The average molecular weight is 142 g/mol. The Morgan fingerprint density at radius 3 is 2.60 bits per heavy atom. The van der Waals surface area contributed by atoms with E-state index in [-0.39, 0.29) is 5.96 Å². The van der Waals surface area contributed by atoms with E-state index < -0.39 is 0 Å². The molecule has 0 aromatic heterocycles. The summed E-state index contributed by atoms with van der Waals surface area (Å²) in [4.78, 5) is 0. The fraction of sp³-hybridized carbons (Fsp3) is 0.714. The fourth-order valence-electron chi connectivity index (χ4n) is 0.702. The second kappa shape index (κ2) is 6.39. The van der Waals surface area contributed by atoms with Gasteiger partial charge < -0.3 is 11.1 Å². The molecule has 0 fully saturated rings. The van der Waals surface area contributed by atoms with Crippen LogP contribution in [0.3, 0.4) is 0 Å². The molecule has 0 aliphatic carbocycles. The lowest BCUT2D eigenvalue weighted by Gasteiger charge is -2.01. The van der Waals surface area contributed by atoms with Crippen LogP contribution in [-0.2, 0) is 0 Å². The summed E-state index contributed by atoms with van der Waals surface area (Å²) in [5.74, 6) is 0.0645. The first-order chi connectivity index (χ1) is 4.77. The van der Waals surface area contributed by atoms with Crippen molar-refractivity contribution in [2.24, 2.45) is 5.73 Å². The summed E-state index contributed by atoms with van der Waals surface area (Å²) in [6, 6.07) is 0. The van der Waals surface area contributed by atoms with Gasteiger partial charge in [0.15, 0.2) is 5.96 Å². The van der Waals surface area contributed by atoms with Crippen molar-refractivity contribution in [1.82, 2.24) is 5.32 Å². The Morgan fingerprint density at radius 1 is 1.40 bits per heavy atom. The molecule has 0 aliphatic rings. The van der Waals surface area contributed by atoms with E-state index >= 15 is 0 Å². The topological polar surface area (TPSA) is 61.9 Å². The fourth-order valence-corrected chi connectivity index (χ4v) is 0.702. The molecule has 0 saturated carbocycles. The highest BCUT2D eigenvalue weighted by Crippen LogP contribution is 1.96. The van der Waals surface area contributed by atoms with Crippen LogP contribution in [-0.4, -0.2) is 12.5 Å². The largest absolute Gasteiger partial charge is 0.370 e. The van der Waals surface area contributed by atoms with Crippen LogP contribution in [0.1, 0.15) is 25.7 Å². The summed E-state index contributed by atoms with van der Waals surface area (Å²) in [5, 5.41) is 9.57. The standard InChI is InChI=1S/C7H16N3/c1-2-3-4-5-6-10-7(8)9/h1-6H2,(H4,8,9,10). The second-order valence-electron chi connectivity index (χ2n) is 2.25. The van der Waals surface area contributed by atoms with E-state index in [0.29, 0.717) is 0 Å². The zero-order valence-corrected chi connectivity index (χ0v) is 6.32. The number of nitrogens with two attached hydrogens (primary N) is 1. The Morgan fingerprint density at radius 2 is 2.10 bits per heavy atom. The number of hydrogen-bond acceptors (Lipinski definition) is 1. The molecule has 0 rings (SSSR count). The monoisotopic (exact) mass is 142 g/mol. The second-order valence-corrected chi connectivity index (χ2v) is 2.25. The summed E-state index contributed by atoms with van der Waals surface area (Å²) in [6.45, 7) is 4.55. The predicted molar refractivity (Wildman–Crippen MR) is 43.7 cm³/mol. The Balaban J connectivity index is 2.84. The van der Waals surface area contributed by atoms with Gasteiger partial charge in [-0.1, -0.05) is 26.2 Å². The first-order valence-corrected chi connectivity index (χ1v) is 3.64. The van der Waals surface area contributed by atoms with E-state index in [1.165, 1.54) is 12.8 Å². The maximum absolute atomic E-state index is 6.83. The van der Waals surface area contributed by atoms with Crippen LogP contribution >= 0.6 is 0 Å². The molecule has 4 N–H and O–H groups in total. The maximum atomic E-state index is 6.83. The minimum atomic E-state index is 0.0645. The molecule has 10 heavy (non-hydrogen) atoms. The van der Waals surface area contributed by atoms with Crippen LogP contribution in [0.4, 0.5) is 0 Å². The quantitative estimate of drug-likeness (QED) is 0.303. The van der Waals surface area contributed by atoms with Gasteiger partial charge in [0, 0.05) is 6.54 Å². The Hall–Kier alpha value is -0.730. The molecule has 3 nitrogen and oxygen atoms in total. The average Bonchev–Trinajstić information content (AvgIpc) is 1.87. The lowest BCUT2D eigenvalue weighted by atomic mass is 10.2. The van der Waals surface area contributed by atoms with Crippen LogP contribution < -0.4 is 11.1 Å². The van der Waals surface area contributed by atoms with Gasteiger partial charge in [0.2, 0.25) is 0 Å². The molecule has 0 amide bonds. The van der Waals surface area contributed by atoms with Gasteiger partial charge in [-0.2, -0.15) is 0 Å². The molecule has 3 heteroatoms. The van der Waals surface area contributed by atoms with Crippen molar-refractivity contribution < 1.29 is 0 Å². The van der Waals surface area contributed by atoms with E-state index in [1.54, 1.807) is 0 Å². The summed E-state index contributed by atoms with van der Waals surface area (Å²) < 4.78 is 0. The van der Waals surface area contributed by atoms with Crippen LogP contribution in [0, 0.1) is 12.3 Å². The van der Waals surface area contributed by atoms with Crippen LogP contribution in [0.2, 0.25) is 0 Å². The summed E-state index contributed by atoms with van der Waals surface area (Å²) >= 11 is 0.